The molecule has 2 unspecified atom stereocenters. The summed E-state index contributed by atoms with van der Waals surface area (Å²) in [7, 11) is 2.12. The quantitative estimate of drug-likeness (QED) is 0.850. The number of anilines is 2. The van der Waals surface area contributed by atoms with Gasteiger partial charge in [-0.15, -0.1) is 0 Å². The predicted molar refractivity (Wildman–Crippen MR) is 76.1 cm³/mol. The molecule has 1 aromatic rings. The number of fused-ring (bicyclic) bond motifs is 1. The molecule has 3 rings (SSSR count). The Bertz CT molecular complexity index is 485. The first-order valence-electron chi connectivity index (χ1n) is 6.18. The van der Waals surface area contributed by atoms with E-state index in [9.17, 15) is 4.79 Å². The molecule has 0 radical (unpaired) electrons. The molecule has 1 fully saturated rings. The summed E-state index contributed by atoms with van der Waals surface area (Å²) in [5, 5.41) is 2.84. The van der Waals surface area contributed by atoms with Gasteiger partial charge in [0.15, 0.2) is 0 Å². The summed E-state index contributed by atoms with van der Waals surface area (Å²) in [6, 6.07) is 6.14. The van der Waals surface area contributed by atoms with Crippen LogP contribution in [0.2, 0.25) is 0 Å². The number of carbonyl (C=O) groups excluding carboxylic acids is 1. The van der Waals surface area contributed by atoms with Gasteiger partial charge in [-0.3, -0.25) is 4.79 Å². The number of nitrogens with zero attached hydrogens (tertiary/aromatic N) is 1. The highest BCUT2D eigenvalue weighted by molar-refractivity contribution is 7.99. The van der Waals surface area contributed by atoms with E-state index in [1.54, 1.807) is 0 Å². The second-order valence-corrected chi connectivity index (χ2v) is 6.02. The van der Waals surface area contributed by atoms with Crippen molar-refractivity contribution >= 4 is 29.0 Å². The van der Waals surface area contributed by atoms with Crippen molar-refractivity contribution in [2.24, 2.45) is 5.73 Å². The Labute approximate surface area is 111 Å². The molecule has 18 heavy (non-hydrogen) atoms. The van der Waals surface area contributed by atoms with Crippen LogP contribution in [0.3, 0.4) is 0 Å². The molecule has 96 valence electrons. The first-order chi connectivity index (χ1) is 8.66. The van der Waals surface area contributed by atoms with Crippen LogP contribution in [0, 0.1) is 0 Å². The minimum absolute atomic E-state index is 0.110. The summed E-state index contributed by atoms with van der Waals surface area (Å²) in [5.41, 5.74) is 8.72. The summed E-state index contributed by atoms with van der Waals surface area (Å²) in [4.78, 5) is 13.8. The minimum Gasteiger partial charge on any atom is -0.371 e. The molecule has 0 saturated carbocycles. The van der Waals surface area contributed by atoms with Crippen LogP contribution < -0.4 is 16.0 Å². The number of hydrogen-bond acceptors (Lipinski definition) is 4. The molecule has 3 N–H and O–H groups in total. The fourth-order valence-electron chi connectivity index (χ4n) is 2.53. The van der Waals surface area contributed by atoms with Crippen LogP contribution in [0.15, 0.2) is 18.2 Å². The second kappa shape index (κ2) is 4.48. The largest absolute Gasteiger partial charge is 0.371 e. The highest BCUT2D eigenvalue weighted by atomic mass is 32.2. The molecule has 5 heteroatoms. The van der Waals surface area contributed by atoms with Crippen molar-refractivity contribution in [2.45, 2.75) is 18.5 Å². The van der Waals surface area contributed by atoms with Crippen LogP contribution in [0.25, 0.3) is 0 Å². The van der Waals surface area contributed by atoms with Gasteiger partial charge < -0.3 is 16.0 Å². The van der Waals surface area contributed by atoms with Crippen molar-refractivity contribution < 1.29 is 4.79 Å². The number of amides is 1. The first kappa shape index (κ1) is 11.9. The highest BCUT2D eigenvalue weighted by Gasteiger charge is 2.28. The van der Waals surface area contributed by atoms with E-state index in [0.717, 1.165) is 16.9 Å². The average molecular weight is 263 g/mol. The molecule has 1 amide bonds. The van der Waals surface area contributed by atoms with Crippen LogP contribution >= 0.6 is 11.8 Å². The fourth-order valence-corrected chi connectivity index (χ4v) is 3.80. The molecule has 2 heterocycles. The topological polar surface area (TPSA) is 58.4 Å². The van der Waals surface area contributed by atoms with Gasteiger partial charge in [0.2, 0.25) is 5.91 Å². The average Bonchev–Trinajstić information content (AvgIpc) is 2.98. The number of hydrogen-bond donors (Lipinski definition) is 2. The summed E-state index contributed by atoms with van der Waals surface area (Å²) in [6.45, 7) is 0. The van der Waals surface area contributed by atoms with E-state index in [2.05, 4.69) is 23.3 Å². The maximum atomic E-state index is 11.5. The normalized spacial score (nSPS) is 26.0. The van der Waals surface area contributed by atoms with Gasteiger partial charge in [-0.05, 0) is 24.3 Å². The van der Waals surface area contributed by atoms with Crippen LogP contribution in [0.1, 0.15) is 18.0 Å². The van der Waals surface area contributed by atoms with Crippen molar-refractivity contribution in [1.29, 1.82) is 0 Å². The van der Waals surface area contributed by atoms with Crippen molar-refractivity contribution in [3.63, 3.8) is 0 Å². The minimum atomic E-state index is -0.513. The van der Waals surface area contributed by atoms with Gasteiger partial charge in [-0.1, -0.05) is 6.07 Å². The number of nitrogens with one attached hydrogen (secondary N) is 1. The fraction of sp³-hybridized carbons (Fsp3) is 0.462. The van der Waals surface area contributed by atoms with Crippen LogP contribution in [-0.2, 0) is 4.79 Å². The van der Waals surface area contributed by atoms with E-state index in [0.29, 0.717) is 6.04 Å². The van der Waals surface area contributed by atoms with E-state index in [1.165, 1.54) is 17.9 Å². The highest BCUT2D eigenvalue weighted by Crippen LogP contribution is 2.34. The molecule has 1 saturated heterocycles. The molecule has 1 aromatic carbocycles. The van der Waals surface area contributed by atoms with E-state index in [1.807, 2.05) is 23.9 Å². The lowest BCUT2D eigenvalue weighted by atomic mass is 10.1. The summed E-state index contributed by atoms with van der Waals surface area (Å²) in [5.74, 6) is 2.31. The molecule has 0 aromatic heterocycles. The Morgan fingerprint density at radius 2 is 2.33 bits per heavy atom. The number of nitrogens with two attached hydrogens (primary N) is 1. The van der Waals surface area contributed by atoms with Gasteiger partial charge in [0.05, 0.1) is 0 Å². The Morgan fingerprint density at radius 1 is 1.50 bits per heavy atom. The Hall–Kier alpha value is -1.20. The van der Waals surface area contributed by atoms with Gasteiger partial charge in [-0.2, -0.15) is 11.8 Å². The van der Waals surface area contributed by atoms with E-state index < -0.39 is 6.04 Å². The van der Waals surface area contributed by atoms with Crippen molar-refractivity contribution in [1.82, 2.24) is 0 Å². The number of carbonyl (C=O) groups is 1. The number of rotatable bonds is 2. The lowest BCUT2D eigenvalue weighted by molar-refractivity contribution is -0.116. The lowest BCUT2D eigenvalue weighted by Crippen LogP contribution is -2.31. The first-order valence-corrected chi connectivity index (χ1v) is 7.33. The third-order valence-corrected chi connectivity index (χ3v) is 4.92. The third-order valence-electron chi connectivity index (χ3n) is 3.77. The van der Waals surface area contributed by atoms with Gasteiger partial charge in [0.25, 0.3) is 0 Å². The maximum Gasteiger partial charge on any atom is 0.245 e. The SMILES string of the molecule is CN(c1ccc2c(c1)NC(=O)C2N)C1CCSC1. The van der Waals surface area contributed by atoms with Crippen LogP contribution in [-0.4, -0.2) is 30.5 Å². The van der Waals surface area contributed by atoms with E-state index >= 15 is 0 Å². The molecular weight excluding hydrogens is 246 g/mol. The standard InChI is InChI=1S/C13H17N3OS/c1-16(9-4-5-18-7-9)8-2-3-10-11(6-8)15-13(17)12(10)14/h2-3,6,9,12H,4-5,7,14H2,1H3,(H,15,17). The maximum absolute atomic E-state index is 11.5. The number of thioether (sulfide) groups is 1. The zero-order valence-corrected chi connectivity index (χ0v) is 11.2. The van der Waals surface area contributed by atoms with Gasteiger partial charge >= 0.3 is 0 Å². The third kappa shape index (κ3) is 1.87. The van der Waals surface area contributed by atoms with Gasteiger partial charge in [0.1, 0.15) is 6.04 Å². The summed E-state index contributed by atoms with van der Waals surface area (Å²) >= 11 is 2.00. The predicted octanol–water partition coefficient (Wildman–Crippen LogP) is 1.58. The molecule has 2 aliphatic rings. The zero-order valence-electron chi connectivity index (χ0n) is 10.3. The molecule has 2 atom stereocenters. The Kier molecular flexibility index (Phi) is 2.95. The molecule has 0 aliphatic carbocycles. The zero-order chi connectivity index (χ0) is 12.7. The lowest BCUT2D eigenvalue weighted by Gasteiger charge is -2.26. The monoisotopic (exact) mass is 263 g/mol. The van der Waals surface area contributed by atoms with Crippen molar-refractivity contribution in [3.8, 4) is 0 Å². The molecule has 2 aliphatic heterocycles. The van der Waals surface area contributed by atoms with Gasteiger partial charge in [-0.25, -0.2) is 0 Å². The van der Waals surface area contributed by atoms with E-state index in [-0.39, 0.29) is 5.91 Å². The molecule has 0 bridgehead atoms. The molecular formula is C13H17N3OS. The van der Waals surface area contributed by atoms with Crippen LogP contribution in [0.5, 0.6) is 0 Å². The van der Waals surface area contributed by atoms with Crippen molar-refractivity contribution in [2.75, 3.05) is 28.8 Å². The molecule has 0 spiro atoms. The number of benzene rings is 1. The van der Waals surface area contributed by atoms with Gasteiger partial charge in [0, 0.05) is 35.8 Å². The Morgan fingerprint density at radius 3 is 3.06 bits per heavy atom. The summed E-state index contributed by atoms with van der Waals surface area (Å²) in [6.07, 6.45) is 1.23. The Balaban J connectivity index is 1.87. The summed E-state index contributed by atoms with van der Waals surface area (Å²) < 4.78 is 0. The molecule has 4 nitrogen and oxygen atoms in total. The smallest absolute Gasteiger partial charge is 0.245 e. The second-order valence-electron chi connectivity index (χ2n) is 4.87. The van der Waals surface area contributed by atoms with Crippen molar-refractivity contribution in [3.05, 3.63) is 23.8 Å². The van der Waals surface area contributed by atoms with Crippen LogP contribution in [0.4, 0.5) is 11.4 Å². The van der Waals surface area contributed by atoms with E-state index in [4.69, 9.17) is 5.73 Å².